The van der Waals surface area contributed by atoms with Crippen LogP contribution in [-0.2, 0) is 28.2 Å². The van der Waals surface area contributed by atoms with E-state index in [1.54, 1.807) is 25.2 Å². The molecule has 0 saturated carbocycles. The summed E-state index contributed by atoms with van der Waals surface area (Å²) in [6.07, 6.45) is 5.62. The van der Waals surface area contributed by atoms with Crippen molar-refractivity contribution in [3.05, 3.63) is 114 Å². The number of rotatable bonds is 12. The highest BCUT2D eigenvalue weighted by molar-refractivity contribution is 5.51. The predicted octanol–water partition coefficient (Wildman–Crippen LogP) is 4.20. The van der Waals surface area contributed by atoms with Crippen molar-refractivity contribution in [2.45, 2.75) is 31.8 Å². The third-order valence-electron chi connectivity index (χ3n) is 8.96. The van der Waals surface area contributed by atoms with Gasteiger partial charge in [-0.2, -0.15) is 5.10 Å². The number of aryl methyl sites for hydroxylation is 1. The van der Waals surface area contributed by atoms with Crippen molar-refractivity contribution in [3.8, 4) is 17.2 Å². The Kier molecular flexibility index (Phi) is 9.17. The molecule has 2 aliphatic rings. The molecule has 48 heavy (non-hydrogen) atoms. The largest absolute Gasteiger partial charge is 0.497 e. The minimum atomic E-state index is -1.14. The molecular formula is C36H41N7O5. The lowest BCUT2D eigenvalue weighted by molar-refractivity contribution is -0.191. The summed E-state index contributed by atoms with van der Waals surface area (Å²) < 4.78 is 34.4. The van der Waals surface area contributed by atoms with Gasteiger partial charge in [-0.3, -0.25) is 0 Å². The van der Waals surface area contributed by atoms with Gasteiger partial charge in [-0.25, -0.2) is 19.3 Å². The third kappa shape index (κ3) is 6.67. The van der Waals surface area contributed by atoms with Crippen LogP contribution in [0.3, 0.4) is 0 Å². The summed E-state index contributed by atoms with van der Waals surface area (Å²) in [5, 5.41) is 6.68. The van der Waals surface area contributed by atoms with Gasteiger partial charge < -0.3 is 33.6 Å². The van der Waals surface area contributed by atoms with E-state index in [0.717, 1.165) is 55.3 Å². The number of piperazine rings is 1. The Balaban J connectivity index is 0.989. The number of hydrogen-bond donors (Lipinski definition) is 0. The lowest BCUT2D eigenvalue weighted by Gasteiger charge is -2.38. The van der Waals surface area contributed by atoms with Crippen LogP contribution in [0.1, 0.15) is 22.5 Å². The molecule has 250 valence electrons. The summed E-state index contributed by atoms with van der Waals surface area (Å²) in [5.41, 5.74) is 5.46. The summed E-state index contributed by atoms with van der Waals surface area (Å²) in [7, 11) is 3.24. The van der Waals surface area contributed by atoms with Crippen LogP contribution in [0.25, 0.3) is 0 Å². The second kappa shape index (κ2) is 14.0. The molecule has 4 heterocycles. The Hall–Kier alpha value is -5.07. The maximum Gasteiger partial charge on any atom is 0.219 e. The van der Waals surface area contributed by atoms with Gasteiger partial charge in [0.2, 0.25) is 5.79 Å². The number of hydrogen-bond acceptors (Lipinski definition) is 10. The van der Waals surface area contributed by atoms with Crippen molar-refractivity contribution >= 4 is 5.69 Å². The SMILES string of the molecule is COc1ccc(C2(Cn3cncn3)OCC(COc3cccc(N4CCN(n5cnc(C)c5Cc5ccccc5)CC4)c3)O2)c(OC)c1. The van der Waals surface area contributed by atoms with Crippen molar-refractivity contribution in [1.82, 2.24) is 24.4 Å². The third-order valence-corrected chi connectivity index (χ3v) is 8.96. The van der Waals surface area contributed by atoms with Crippen LogP contribution < -0.4 is 24.1 Å². The number of anilines is 1. The number of aromatic nitrogens is 5. The maximum absolute atomic E-state index is 6.62. The molecule has 3 aromatic carbocycles. The van der Waals surface area contributed by atoms with Crippen LogP contribution in [0.5, 0.6) is 17.2 Å². The van der Waals surface area contributed by atoms with Gasteiger partial charge in [0.1, 0.15) is 55.5 Å². The zero-order chi connectivity index (χ0) is 32.9. The van der Waals surface area contributed by atoms with Crippen LogP contribution >= 0.6 is 0 Å². The van der Waals surface area contributed by atoms with E-state index in [4.69, 9.17) is 23.7 Å². The van der Waals surface area contributed by atoms with Gasteiger partial charge in [0.25, 0.3) is 0 Å². The molecule has 2 saturated heterocycles. The molecule has 2 atom stereocenters. The molecule has 7 rings (SSSR count). The van der Waals surface area contributed by atoms with Crippen LogP contribution in [0.2, 0.25) is 0 Å². The van der Waals surface area contributed by atoms with E-state index in [1.807, 2.05) is 36.7 Å². The topological polar surface area (TPSA) is 101 Å². The number of methoxy groups -OCH3 is 2. The fourth-order valence-electron chi connectivity index (χ4n) is 6.42. The molecule has 2 aromatic heterocycles. The van der Waals surface area contributed by atoms with E-state index in [9.17, 15) is 0 Å². The molecular weight excluding hydrogens is 610 g/mol. The first-order chi connectivity index (χ1) is 23.5. The standard InChI is InChI=1S/C36H41N7O5/c1-27-34(18-28-8-5-4-6-9-28)43(26-38-27)42-16-14-40(15-17-42)29-10-7-11-31(19-29)46-21-32-22-47-36(48-32,23-41-25-37-24-39-41)33-13-12-30(44-2)20-35(33)45-3/h4-13,19-20,24-26,32H,14-18,21-23H2,1-3H3. The smallest absolute Gasteiger partial charge is 0.219 e. The van der Waals surface area contributed by atoms with E-state index < -0.39 is 5.79 Å². The Labute approximate surface area is 280 Å². The monoisotopic (exact) mass is 651 g/mol. The highest BCUT2D eigenvalue weighted by Gasteiger charge is 2.46. The molecule has 0 amide bonds. The van der Waals surface area contributed by atoms with Gasteiger partial charge in [0, 0.05) is 37.3 Å². The Bertz CT molecular complexity index is 1790. The van der Waals surface area contributed by atoms with Gasteiger partial charge in [0.15, 0.2) is 0 Å². The van der Waals surface area contributed by atoms with E-state index in [0.29, 0.717) is 31.3 Å². The average molecular weight is 652 g/mol. The number of ether oxygens (including phenoxy) is 5. The minimum absolute atomic E-state index is 0.292. The summed E-state index contributed by atoms with van der Waals surface area (Å²) in [5.74, 6) is 0.912. The highest BCUT2D eigenvalue weighted by Crippen LogP contribution is 2.42. The molecule has 12 nitrogen and oxygen atoms in total. The summed E-state index contributed by atoms with van der Waals surface area (Å²) in [6, 6.07) is 24.4. The molecule has 2 aliphatic heterocycles. The first-order valence-electron chi connectivity index (χ1n) is 16.2. The lowest BCUT2D eigenvalue weighted by atomic mass is 10.0. The fraction of sp³-hybridized carbons (Fsp3) is 0.361. The van der Waals surface area contributed by atoms with Crippen molar-refractivity contribution in [2.75, 3.05) is 63.5 Å². The predicted molar refractivity (Wildman–Crippen MR) is 180 cm³/mol. The van der Waals surface area contributed by atoms with Crippen LogP contribution in [0, 0.1) is 6.92 Å². The minimum Gasteiger partial charge on any atom is -0.497 e. The first kappa shape index (κ1) is 31.5. The molecule has 2 unspecified atom stereocenters. The van der Waals surface area contributed by atoms with Crippen LogP contribution in [0.4, 0.5) is 5.69 Å². The molecule has 0 N–H and O–H groups in total. The van der Waals surface area contributed by atoms with E-state index >= 15 is 0 Å². The summed E-state index contributed by atoms with van der Waals surface area (Å²) >= 11 is 0. The first-order valence-corrected chi connectivity index (χ1v) is 16.2. The quantitative estimate of drug-likeness (QED) is 0.195. The van der Waals surface area contributed by atoms with E-state index in [-0.39, 0.29) is 6.10 Å². The second-order valence-electron chi connectivity index (χ2n) is 12.0. The Morgan fingerprint density at radius 2 is 1.75 bits per heavy atom. The van der Waals surface area contributed by atoms with Crippen molar-refractivity contribution in [1.29, 1.82) is 0 Å². The van der Waals surface area contributed by atoms with Gasteiger partial charge in [0.05, 0.1) is 50.9 Å². The molecule has 0 aliphatic carbocycles. The molecule has 0 bridgehead atoms. The summed E-state index contributed by atoms with van der Waals surface area (Å²) in [4.78, 5) is 11.1. The van der Waals surface area contributed by atoms with Crippen LogP contribution in [0.15, 0.2) is 91.8 Å². The second-order valence-corrected chi connectivity index (χ2v) is 12.0. The van der Waals surface area contributed by atoms with Crippen molar-refractivity contribution in [2.24, 2.45) is 0 Å². The van der Waals surface area contributed by atoms with E-state index in [2.05, 4.69) is 79.0 Å². The van der Waals surface area contributed by atoms with Gasteiger partial charge >= 0.3 is 0 Å². The molecule has 12 heteroatoms. The molecule has 2 fully saturated rings. The average Bonchev–Trinajstić information content (AvgIpc) is 3.89. The molecule has 0 radical (unpaired) electrons. The van der Waals surface area contributed by atoms with Gasteiger partial charge in [-0.15, -0.1) is 0 Å². The summed E-state index contributed by atoms with van der Waals surface area (Å²) in [6.45, 7) is 6.59. The maximum atomic E-state index is 6.62. The van der Waals surface area contributed by atoms with Crippen molar-refractivity contribution < 1.29 is 23.7 Å². The van der Waals surface area contributed by atoms with Crippen LogP contribution in [-0.4, -0.2) is 84.1 Å². The van der Waals surface area contributed by atoms with Gasteiger partial charge in [-0.05, 0) is 36.8 Å². The molecule has 5 aromatic rings. The fourth-order valence-corrected chi connectivity index (χ4v) is 6.42. The zero-order valence-corrected chi connectivity index (χ0v) is 27.6. The lowest BCUT2D eigenvalue weighted by Crippen LogP contribution is -2.51. The molecule has 0 spiro atoms. The van der Waals surface area contributed by atoms with Gasteiger partial charge in [-0.1, -0.05) is 36.4 Å². The highest BCUT2D eigenvalue weighted by atomic mass is 16.8. The number of nitrogens with zero attached hydrogens (tertiary/aromatic N) is 7. The zero-order valence-electron chi connectivity index (χ0n) is 27.6. The normalized spacial score (nSPS) is 19.4. The number of benzene rings is 3. The number of imidazole rings is 1. The Morgan fingerprint density at radius 3 is 2.52 bits per heavy atom. The Morgan fingerprint density at radius 1 is 0.896 bits per heavy atom. The van der Waals surface area contributed by atoms with Crippen molar-refractivity contribution in [3.63, 3.8) is 0 Å². The van der Waals surface area contributed by atoms with E-state index in [1.165, 1.54) is 17.6 Å².